The van der Waals surface area contributed by atoms with Crippen LogP contribution in [0.15, 0.2) is 17.1 Å². The number of aromatic carboxylic acids is 1. The summed E-state index contributed by atoms with van der Waals surface area (Å²) >= 11 is 0. The predicted molar refractivity (Wildman–Crippen MR) is 109 cm³/mol. The second kappa shape index (κ2) is 7.37. The van der Waals surface area contributed by atoms with Gasteiger partial charge in [-0.2, -0.15) is 0 Å². The van der Waals surface area contributed by atoms with Crippen molar-refractivity contribution in [3.05, 3.63) is 45.1 Å². The maximum absolute atomic E-state index is 15.0. The van der Waals surface area contributed by atoms with E-state index in [9.17, 15) is 14.7 Å². The van der Waals surface area contributed by atoms with Crippen molar-refractivity contribution in [3.8, 4) is 0 Å². The topological polar surface area (TPSA) is 88.0 Å². The van der Waals surface area contributed by atoms with Crippen LogP contribution >= 0.6 is 12.4 Å². The van der Waals surface area contributed by atoms with Crippen molar-refractivity contribution < 1.29 is 14.3 Å². The highest BCUT2D eigenvalue weighted by Crippen LogP contribution is 2.44. The number of halogens is 2. The third kappa shape index (κ3) is 3.26. The third-order valence-corrected chi connectivity index (χ3v) is 5.97. The van der Waals surface area contributed by atoms with E-state index in [0.29, 0.717) is 29.2 Å². The minimum atomic E-state index is -1.28. The van der Waals surface area contributed by atoms with Gasteiger partial charge >= 0.3 is 5.97 Å². The van der Waals surface area contributed by atoms with Crippen molar-refractivity contribution in [1.82, 2.24) is 4.40 Å². The first-order chi connectivity index (χ1) is 12.8. The number of carbonyl (C=O) groups is 1. The summed E-state index contributed by atoms with van der Waals surface area (Å²) in [5, 5.41) is 9.37. The number of carboxylic acids is 1. The quantitative estimate of drug-likeness (QED) is 0.810. The second-order valence-electron chi connectivity index (χ2n) is 7.92. The Bertz CT molecular complexity index is 1000. The van der Waals surface area contributed by atoms with Gasteiger partial charge in [0.2, 0.25) is 0 Å². The molecule has 3 N–H and O–H groups in total. The Kier molecular flexibility index (Phi) is 5.42. The predicted octanol–water partition coefficient (Wildman–Crippen LogP) is 2.92. The number of rotatable bonds is 4. The van der Waals surface area contributed by atoms with E-state index in [1.807, 2.05) is 18.7 Å². The Morgan fingerprint density at radius 2 is 2.04 bits per heavy atom. The molecule has 0 spiro atoms. The Labute approximate surface area is 168 Å². The van der Waals surface area contributed by atoms with Crippen molar-refractivity contribution >= 4 is 29.6 Å². The lowest BCUT2D eigenvalue weighted by molar-refractivity contribution is 0.0694. The van der Waals surface area contributed by atoms with Crippen molar-refractivity contribution in [1.29, 1.82) is 0 Å². The van der Waals surface area contributed by atoms with Crippen LogP contribution in [0.4, 0.5) is 10.1 Å². The van der Waals surface area contributed by atoms with Crippen LogP contribution < -0.4 is 16.2 Å². The zero-order valence-corrected chi connectivity index (χ0v) is 16.8. The summed E-state index contributed by atoms with van der Waals surface area (Å²) in [5.41, 5.74) is 7.69. The van der Waals surface area contributed by atoms with Crippen LogP contribution in [0.3, 0.4) is 0 Å². The smallest absolute Gasteiger partial charge is 0.341 e. The molecule has 3 heterocycles. The molecule has 28 heavy (non-hydrogen) atoms. The van der Waals surface area contributed by atoms with Crippen LogP contribution in [0.2, 0.25) is 0 Å². The molecule has 6 nitrogen and oxygen atoms in total. The lowest BCUT2D eigenvalue weighted by atomic mass is 10.0. The molecule has 0 bridgehead atoms. The largest absolute Gasteiger partial charge is 0.477 e. The number of anilines is 1. The summed E-state index contributed by atoms with van der Waals surface area (Å²) in [6, 6.07) is 1.53. The normalized spacial score (nSPS) is 20.3. The number of fused-ring (bicyclic) bond motifs is 1. The number of aromatic nitrogens is 1. The molecule has 1 aliphatic carbocycles. The average molecular weight is 410 g/mol. The highest BCUT2D eigenvalue weighted by Gasteiger charge is 2.32. The van der Waals surface area contributed by atoms with Gasteiger partial charge in [-0.1, -0.05) is 0 Å². The summed E-state index contributed by atoms with van der Waals surface area (Å²) in [6.07, 6.45) is 3.96. The van der Waals surface area contributed by atoms with Gasteiger partial charge in [0.05, 0.1) is 17.4 Å². The molecule has 0 radical (unpaired) electrons. The molecule has 2 atom stereocenters. The summed E-state index contributed by atoms with van der Waals surface area (Å²) in [5.74, 6) is -1.25. The molecule has 2 aromatic rings. The fraction of sp³-hybridized carbons (Fsp3) is 0.500. The van der Waals surface area contributed by atoms with Gasteiger partial charge in [-0.05, 0) is 62.1 Å². The standard InChI is InChI=1S/C20H24FN3O3.ClH/c1-10-17-14(12-3-4-12)7-15(20(26)27)19(25)24(17)9-16(21)18(10)23-6-5-13(8-23)11(2)22;/h7,9,11-13H,3-6,8,22H2,1-2H3,(H,26,27);1H/t11-,13-;/m1./s1. The number of aryl methyl sites for hydroxylation is 1. The SMILES string of the molecule is Cc1c(N2CC[C@@H]([C@@H](C)N)C2)c(F)cn2c(=O)c(C(=O)O)cc(C3CC3)c12.Cl. The van der Waals surface area contributed by atoms with Gasteiger partial charge in [0.25, 0.3) is 5.56 Å². The average Bonchev–Trinajstić information content (AvgIpc) is 3.32. The van der Waals surface area contributed by atoms with E-state index in [2.05, 4.69) is 0 Å². The second-order valence-corrected chi connectivity index (χ2v) is 7.92. The van der Waals surface area contributed by atoms with Crippen molar-refractivity contribution in [2.24, 2.45) is 11.7 Å². The highest BCUT2D eigenvalue weighted by molar-refractivity contribution is 5.89. The molecule has 8 heteroatoms. The molecular formula is C20H25ClFN3O3. The molecule has 0 amide bonds. The van der Waals surface area contributed by atoms with Gasteiger partial charge in [-0.15, -0.1) is 12.4 Å². The molecule has 2 fully saturated rings. The van der Waals surface area contributed by atoms with E-state index >= 15 is 4.39 Å². The monoisotopic (exact) mass is 409 g/mol. The van der Waals surface area contributed by atoms with E-state index in [1.165, 1.54) is 10.5 Å². The van der Waals surface area contributed by atoms with Crippen molar-refractivity contribution in [2.45, 2.75) is 45.1 Å². The summed E-state index contributed by atoms with van der Waals surface area (Å²) in [7, 11) is 0. The molecule has 1 saturated carbocycles. The lowest BCUT2D eigenvalue weighted by Crippen LogP contribution is -2.31. The van der Waals surface area contributed by atoms with E-state index in [-0.39, 0.29) is 29.9 Å². The molecule has 0 unspecified atom stereocenters. The zero-order chi connectivity index (χ0) is 19.5. The zero-order valence-electron chi connectivity index (χ0n) is 15.9. The molecule has 1 saturated heterocycles. The Morgan fingerprint density at radius 1 is 1.36 bits per heavy atom. The van der Waals surface area contributed by atoms with Crippen LogP contribution in [-0.4, -0.2) is 34.6 Å². The molecule has 0 aromatic carbocycles. The van der Waals surface area contributed by atoms with Crippen LogP contribution in [0.5, 0.6) is 0 Å². The van der Waals surface area contributed by atoms with Gasteiger partial charge in [0, 0.05) is 19.1 Å². The fourth-order valence-electron chi connectivity index (χ4n) is 4.31. The van der Waals surface area contributed by atoms with Crippen molar-refractivity contribution in [3.63, 3.8) is 0 Å². The number of nitrogens with two attached hydrogens (primary N) is 1. The number of nitrogens with zero attached hydrogens (tertiary/aromatic N) is 2. The van der Waals surface area contributed by atoms with Gasteiger partial charge in [-0.3, -0.25) is 9.20 Å². The summed E-state index contributed by atoms with van der Waals surface area (Å²) in [4.78, 5) is 26.1. The molecule has 2 aromatic heterocycles. The van der Waals surface area contributed by atoms with E-state index in [0.717, 1.165) is 37.6 Å². The van der Waals surface area contributed by atoms with Crippen LogP contribution in [-0.2, 0) is 0 Å². The third-order valence-electron chi connectivity index (χ3n) is 5.97. The summed E-state index contributed by atoms with van der Waals surface area (Å²) in [6.45, 7) is 5.19. The van der Waals surface area contributed by atoms with Crippen LogP contribution in [0.1, 0.15) is 53.6 Å². The number of carboxylic acid groups (broad SMARTS) is 1. The first-order valence-corrected chi connectivity index (χ1v) is 9.41. The fourth-order valence-corrected chi connectivity index (χ4v) is 4.31. The molecule has 2 aliphatic rings. The minimum absolute atomic E-state index is 0. The van der Waals surface area contributed by atoms with Crippen molar-refractivity contribution in [2.75, 3.05) is 18.0 Å². The van der Waals surface area contributed by atoms with E-state index in [1.54, 1.807) is 0 Å². The number of hydrogen-bond donors (Lipinski definition) is 2. The van der Waals surface area contributed by atoms with E-state index in [4.69, 9.17) is 5.73 Å². The number of hydrogen-bond acceptors (Lipinski definition) is 4. The Morgan fingerprint density at radius 3 is 2.57 bits per heavy atom. The first kappa shape index (κ1) is 20.6. The molecule has 152 valence electrons. The first-order valence-electron chi connectivity index (χ1n) is 9.41. The minimum Gasteiger partial charge on any atom is -0.477 e. The van der Waals surface area contributed by atoms with Crippen LogP contribution in [0, 0.1) is 18.7 Å². The summed E-state index contributed by atoms with van der Waals surface area (Å²) < 4.78 is 16.2. The highest BCUT2D eigenvalue weighted by atomic mass is 35.5. The van der Waals surface area contributed by atoms with Gasteiger partial charge in [-0.25, -0.2) is 9.18 Å². The van der Waals surface area contributed by atoms with Gasteiger partial charge in [0.1, 0.15) is 5.56 Å². The number of pyridine rings is 2. The van der Waals surface area contributed by atoms with E-state index < -0.39 is 17.3 Å². The molecular weight excluding hydrogens is 385 g/mol. The molecule has 1 aliphatic heterocycles. The maximum atomic E-state index is 15.0. The van der Waals surface area contributed by atoms with Gasteiger partial charge < -0.3 is 15.7 Å². The maximum Gasteiger partial charge on any atom is 0.341 e. The van der Waals surface area contributed by atoms with Gasteiger partial charge in [0.15, 0.2) is 5.82 Å². The Balaban J connectivity index is 0.00000225. The van der Waals surface area contributed by atoms with Crippen LogP contribution in [0.25, 0.3) is 5.52 Å². The lowest BCUT2D eigenvalue weighted by Gasteiger charge is -2.24. The molecule has 4 rings (SSSR count). The Hall–Kier alpha value is -2.12.